The molecule has 0 saturated heterocycles. The summed E-state index contributed by atoms with van der Waals surface area (Å²) in [5.41, 5.74) is 4.82. The van der Waals surface area contributed by atoms with Crippen LogP contribution in [-0.2, 0) is 9.53 Å². The number of carbonyl (C=O) groups excluding carboxylic acids is 2. The van der Waals surface area contributed by atoms with Crippen molar-refractivity contribution in [3.8, 4) is 17.0 Å². The van der Waals surface area contributed by atoms with E-state index in [1.165, 1.54) is 7.11 Å². The number of methoxy groups -OCH3 is 2. The molecule has 2 aromatic carbocycles. The topological polar surface area (TPSA) is 77.5 Å². The Balaban J connectivity index is 1.90. The molecule has 0 fully saturated rings. The molecule has 1 heterocycles. The molecule has 1 amide bonds. The van der Waals surface area contributed by atoms with Crippen molar-refractivity contribution in [2.24, 2.45) is 5.92 Å². The van der Waals surface area contributed by atoms with E-state index in [-0.39, 0.29) is 18.2 Å². The molecular weight excluding hydrogens is 452 g/mol. The van der Waals surface area contributed by atoms with Crippen LogP contribution in [0.1, 0.15) is 66.9 Å². The van der Waals surface area contributed by atoms with Gasteiger partial charge in [0.1, 0.15) is 0 Å². The summed E-state index contributed by atoms with van der Waals surface area (Å²) in [7, 11) is 2.95. The smallest absolute Gasteiger partial charge is 0.337 e. The van der Waals surface area contributed by atoms with E-state index in [1.807, 2.05) is 49.4 Å². The van der Waals surface area contributed by atoms with Crippen LogP contribution in [0.25, 0.3) is 11.1 Å². The second kappa shape index (κ2) is 12.9. The summed E-state index contributed by atoms with van der Waals surface area (Å²) in [6.07, 6.45) is 4.90. The van der Waals surface area contributed by atoms with Crippen molar-refractivity contribution in [2.45, 2.75) is 52.4 Å². The summed E-state index contributed by atoms with van der Waals surface area (Å²) in [4.78, 5) is 29.9. The molecule has 190 valence electrons. The fourth-order valence-corrected chi connectivity index (χ4v) is 4.33. The van der Waals surface area contributed by atoms with Gasteiger partial charge in [0.25, 0.3) is 0 Å². The van der Waals surface area contributed by atoms with Gasteiger partial charge in [0, 0.05) is 29.4 Å². The minimum atomic E-state index is -0.451. The maximum Gasteiger partial charge on any atom is 0.337 e. The van der Waals surface area contributed by atoms with Gasteiger partial charge in [0.15, 0.2) is 0 Å². The molecule has 6 heteroatoms. The number of esters is 1. The number of amides is 1. The van der Waals surface area contributed by atoms with E-state index in [2.05, 4.69) is 24.1 Å². The minimum Gasteiger partial charge on any atom is -0.481 e. The number of pyridine rings is 1. The number of rotatable bonds is 11. The van der Waals surface area contributed by atoms with E-state index in [4.69, 9.17) is 9.47 Å². The lowest BCUT2D eigenvalue weighted by atomic mass is 9.89. The van der Waals surface area contributed by atoms with Gasteiger partial charge in [-0.2, -0.15) is 0 Å². The van der Waals surface area contributed by atoms with E-state index in [0.29, 0.717) is 23.0 Å². The number of nitrogens with zero attached hydrogens (tertiary/aromatic N) is 1. The summed E-state index contributed by atoms with van der Waals surface area (Å²) in [6.45, 7) is 6.43. The van der Waals surface area contributed by atoms with Crippen LogP contribution in [0.4, 0.5) is 5.69 Å². The Labute approximate surface area is 214 Å². The number of hydrogen-bond donors (Lipinski definition) is 1. The predicted octanol–water partition coefficient (Wildman–Crippen LogP) is 6.79. The van der Waals surface area contributed by atoms with Gasteiger partial charge in [-0.1, -0.05) is 68.7 Å². The highest BCUT2D eigenvalue weighted by molar-refractivity contribution is 5.99. The van der Waals surface area contributed by atoms with Crippen molar-refractivity contribution >= 4 is 17.6 Å². The van der Waals surface area contributed by atoms with Crippen LogP contribution in [0.15, 0.2) is 60.8 Å². The highest BCUT2D eigenvalue weighted by Gasteiger charge is 2.22. The summed E-state index contributed by atoms with van der Waals surface area (Å²) >= 11 is 0. The molecule has 6 nitrogen and oxygen atoms in total. The summed E-state index contributed by atoms with van der Waals surface area (Å²) < 4.78 is 10.4. The SMILES string of the molecule is COC(=O)c1ccc(-c2ccc(C)cc2)c(NC(=O)CC(CCCC(C)C)c2cccnc2OC)c1. The Bertz CT molecular complexity index is 1170. The molecule has 1 N–H and O–H groups in total. The van der Waals surface area contributed by atoms with Crippen molar-refractivity contribution in [3.05, 3.63) is 77.5 Å². The number of benzene rings is 2. The Morgan fingerprint density at radius 2 is 1.75 bits per heavy atom. The largest absolute Gasteiger partial charge is 0.481 e. The van der Waals surface area contributed by atoms with Crippen LogP contribution in [0.5, 0.6) is 5.88 Å². The molecule has 0 aliphatic heterocycles. The van der Waals surface area contributed by atoms with Gasteiger partial charge >= 0.3 is 5.97 Å². The summed E-state index contributed by atoms with van der Waals surface area (Å²) in [5, 5.41) is 3.07. The molecule has 0 aliphatic carbocycles. The van der Waals surface area contributed by atoms with Gasteiger partial charge in [-0.15, -0.1) is 0 Å². The first-order valence-corrected chi connectivity index (χ1v) is 12.4. The lowest BCUT2D eigenvalue weighted by Gasteiger charge is -2.20. The molecule has 1 atom stereocenters. The Hall–Kier alpha value is -3.67. The molecule has 3 rings (SSSR count). The third kappa shape index (κ3) is 7.17. The highest BCUT2D eigenvalue weighted by atomic mass is 16.5. The molecule has 0 radical (unpaired) electrons. The fraction of sp³-hybridized carbons (Fsp3) is 0.367. The molecule has 0 spiro atoms. The van der Waals surface area contributed by atoms with Crippen LogP contribution in [0.2, 0.25) is 0 Å². The number of aryl methyl sites for hydroxylation is 1. The van der Waals surface area contributed by atoms with Gasteiger partial charge < -0.3 is 14.8 Å². The first-order valence-electron chi connectivity index (χ1n) is 12.4. The van der Waals surface area contributed by atoms with Crippen LogP contribution in [0.3, 0.4) is 0 Å². The molecule has 0 saturated carbocycles. The van der Waals surface area contributed by atoms with Crippen molar-refractivity contribution in [1.29, 1.82) is 0 Å². The van der Waals surface area contributed by atoms with Crippen LogP contribution in [-0.4, -0.2) is 31.1 Å². The van der Waals surface area contributed by atoms with Gasteiger partial charge in [-0.3, -0.25) is 4.79 Å². The number of ether oxygens (including phenoxy) is 2. The maximum absolute atomic E-state index is 13.4. The van der Waals surface area contributed by atoms with Crippen molar-refractivity contribution in [2.75, 3.05) is 19.5 Å². The monoisotopic (exact) mass is 488 g/mol. The number of aromatic nitrogens is 1. The summed E-state index contributed by atoms with van der Waals surface area (Å²) in [5.74, 6) is 0.513. The van der Waals surface area contributed by atoms with Gasteiger partial charge in [0.2, 0.25) is 11.8 Å². The number of anilines is 1. The van der Waals surface area contributed by atoms with Gasteiger partial charge in [0.05, 0.1) is 19.8 Å². The van der Waals surface area contributed by atoms with Crippen molar-refractivity contribution in [3.63, 3.8) is 0 Å². The lowest BCUT2D eigenvalue weighted by Crippen LogP contribution is -2.17. The lowest BCUT2D eigenvalue weighted by molar-refractivity contribution is -0.116. The first-order chi connectivity index (χ1) is 17.3. The predicted molar refractivity (Wildman–Crippen MR) is 143 cm³/mol. The zero-order valence-corrected chi connectivity index (χ0v) is 21.8. The number of hydrogen-bond acceptors (Lipinski definition) is 5. The second-order valence-corrected chi connectivity index (χ2v) is 9.49. The highest BCUT2D eigenvalue weighted by Crippen LogP contribution is 2.34. The third-order valence-corrected chi connectivity index (χ3v) is 6.28. The van der Waals surface area contributed by atoms with E-state index < -0.39 is 5.97 Å². The van der Waals surface area contributed by atoms with E-state index >= 15 is 0 Å². The third-order valence-electron chi connectivity index (χ3n) is 6.28. The van der Waals surface area contributed by atoms with Crippen LogP contribution in [0, 0.1) is 12.8 Å². The van der Waals surface area contributed by atoms with Crippen molar-refractivity contribution in [1.82, 2.24) is 4.98 Å². The Morgan fingerprint density at radius 3 is 2.42 bits per heavy atom. The zero-order valence-electron chi connectivity index (χ0n) is 21.8. The Morgan fingerprint density at radius 1 is 1.00 bits per heavy atom. The molecule has 0 aliphatic rings. The second-order valence-electron chi connectivity index (χ2n) is 9.49. The van der Waals surface area contributed by atoms with Crippen molar-refractivity contribution < 1.29 is 19.1 Å². The van der Waals surface area contributed by atoms with Gasteiger partial charge in [-0.05, 0) is 48.9 Å². The zero-order chi connectivity index (χ0) is 26.1. The fourth-order valence-electron chi connectivity index (χ4n) is 4.33. The number of nitrogens with one attached hydrogen (secondary N) is 1. The first kappa shape index (κ1) is 26.9. The molecule has 0 bridgehead atoms. The Kier molecular flexibility index (Phi) is 9.62. The van der Waals surface area contributed by atoms with Crippen LogP contribution >= 0.6 is 0 Å². The summed E-state index contributed by atoms with van der Waals surface area (Å²) in [6, 6.07) is 17.2. The average Bonchev–Trinajstić information content (AvgIpc) is 2.88. The number of carbonyl (C=O) groups is 2. The van der Waals surface area contributed by atoms with E-state index in [1.54, 1.807) is 25.4 Å². The molecular formula is C30H36N2O4. The molecule has 1 aromatic heterocycles. The van der Waals surface area contributed by atoms with Crippen LogP contribution < -0.4 is 10.1 Å². The molecule has 1 unspecified atom stereocenters. The molecule has 3 aromatic rings. The van der Waals surface area contributed by atoms with E-state index in [9.17, 15) is 9.59 Å². The van der Waals surface area contributed by atoms with Gasteiger partial charge in [-0.25, -0.2) is 9.78 Å². The molecule has 36 heavy (non-hydrogen) atoms. The normalized spacial score (nSPS) is 11.7. The quantitative estimate of drug-likeness (QED) is 0.301. The minimum absolute atomic E-state index is 0.0426. The average molecular weight is 489 g/mol. The van der Waals surface area contributed by atoms with E-state index in [0.717, 1.165) is 41.5 Å². The maximum atomic E-state index is 13.4. The standard InChI is InChI=1S/C30H36N2O4/c1-20(2)8-6-9-23(26-10-7-17-31-29(26)35-4)19-28(33)32-27-18-24(30(34)36-5)15-16-25(27)22-13-11-21(3)12-14-22/h7,10-18,20,23H,6,8-9,19H2,1-5H3,(H,32,33).